The molecule has 1 saturated carbocycles. The number of oxime groups is 1. The largest absolute Gasteiger partial charge is 0.508 e. The van der Waals surface area contributed by atoms with Gasteiger partial charge >= 0.3 is 11.9 Å². The molecule has 0 amide bonds. The summed E-state index contributed by atoms with van der Waals surface area (Å²) in [7, 11) is -1.38. The first-order chi connectivity index (χ1) is 15.7. The summed E-state index contributed by atoms with van der Waals surface area (Å²) in [6, 6.07) is 5.96. The zero-order valence-electron chi connectivity index (χ0n) is 20.0. The van der Waals surface area contributed by atoms with E-state index in [0.29, 0.717) is 25.2 Å². The fourth-order valence-electron chi connectivity index (χ4n) is 4.70. The lowest BCUT2D eigenvalue weighted by atomic mass is 9.55. The van der Waals surface area contributed by atoms with Crippen LogP contribution in [0.4, 0.5) is 0 Å². The van der Waals surface area contributed by atoms with Gasteiger partial charge < -0.3 is 19.4 Å². The molecule has 180 valence electrons. The quantitative estimate of drug-likeness (QED) is 0.175. The second-order valence-corrected chi connectivity index (χ2v) is 15.6. The SMILES string of the molecule is C=CCON=C1CC2c3ccc(O)cc3C1C(C(=O)OCCC)C2C(=O)OCC[Si](C)(C)C. The third-order valence-electron chi connectivity index (χ3n) is 6.24. The van der Waals surface area contributed by atoms with E-state index in [9.17, 15) is 14.7 Å². The van der Waals surface area contributed by atoms with Gasteiger partial charge in [0.15, 0.2) is 0 Å². The highest BCUT2D eigenvalue weighted by Crippen LogP contribution is 2.55. The molecule has 7 nitrogen and oxygen atoms in total. The number of hydrogen-bond donors (Lipinski definition) is 1. The van der Waals surface area contributed by atoms with Crippen LogP contribution >= 0.6 is 0 Å². The Morgan fingerprint density at radius 1 is 1.15 bits per heavy atom. The molecule has 4 rings (SSSR count). The second kappa shape index (κ2) is 10.5. The van der Waals surface area contributed by atoms with Gasteiger partial charge in [0.1, 0.15) is 12.4 Å². The summed E-state index contributed by atoms with van der Waals surface area (Å²) in [5.41, 5.74) is 2.40. The number of esters is 2. The van der Waals surface area contributed by atoms with Crippen molar-refractivity contribution in [2.24, 2.45) is 17.0 Å². The van der Waals surface area contributed by atoms with Crippen molar-refractivity contribution in [3.63, 3.8) is 0 Å². The Labute approximate surface area is 196 Å². The molecule has 2 bridgehead atoms. The van der Waals surface area contributed by atoms with Crippen LogP contribution in [-0.4, -0.2) is 50.7 Å². The van der Waals surface area contributed by atoms with Gasteiger partial charge in [0, 0.05) is 19.9 Å². The minimum absolute atomic E-state index is 0.0996. The number of ether oxygens (including phenoxy) is 2. The number of carbonyl (C=O) groups excluding carboxylic acids is 2. The van der Waals surface area contributed by atoms with Crippen molar-refractivity contribution in [3.8, 4) is 5.75 Å². The lowest BCUT2D eigenvalue weighted by Crippen LogP contribution is -2.51. The number of benzene rings is 1. The molecule has 0 spiro atoms. The molecule has 1 N–H and O–H groups in total. The Hall–Kier alpha value is -2.61. The zero-order valence-corrected chi connectivity index (χ0v) is 21.0. The summed E-state index contributed by atoms with van der Waals surface area (Å²) in [4.78, 5) is 32.0. The molecule has 3 aliphatic carbocycles. The highest BCUT2D eigenvalue weighted by molar-refractivity contribution is 6.76. The maximum Gasteiger partial charge on any atom is 0.310 e. The van der Waals surface area contributed by atoms with Crippen molar-refractivity contribution >= 4 is 25.7 Å². The maximum atomic E-state index is 13.4. The van der Waals surface area contributed by atoms with E-state index in [2.05, 4.69) is 31.4 Å². The first kappa shape index (κ1) is 25.0. The van der Waals surface area contributed by atoms with Crippen molar-refractivity contribution in [2.75, 3.05) is 19.8 Å². The zero-order chi connectivity index (χ0) is 24.2. The molecule has 4 atom stereocenters. The smallest absolute Gasteiger partial charge is 0.310 e. The van der Waals surface area contributed by atoms with Gasteiger partial charge in [-0.2, -0.15) is 0 Å². The van der Waals surface area contributed by atoms with Crippen molar-refractivity contribution in [1.82, 2.24) is 0 Å². The molecule has 3 aliphatic rings. The third kappa shape index (κ3) is 5.66. The Bertz CT molecular complexity index is 922. The highest BCUT2D eigenvalue weighted by atomic mass is 28.3. The van der Waals surface area contributed by atoms with E-state index in [1.807, 2.05) is 13.0 Å². The Morgan fingerprint density at radius 3 is 2.52 bits per heavy atom. The van der Waals surface area contributed by atoms with Crippen LogP contribution in [-0.2, 0) is 23.9 Å². The van der Waals surface area contributed by atoms with E-state index in [0.717, 1.165) is 17.2 Å². The van der Waals surface area contributed by atoms with Crippen LogP contribution in [0.3, 0.4) is 0 Å². The van der Waals surface area contributed by atoms with Crippen LogP contribution in [0.2, 0.25) is 25.7 Å². The van der Waals surface area contributed by atoms with Gasteiger partial charge in [0.05, 0.1) is 30.8 Å². The molecule has 8 heteroatoms. The van der Waals surface area contributed by atoms with Crippen molar-refractivity contribution in [2.45, 2.75) is 57.3 Å². The molecule has 0 aromatic heterocycles. The summed E-state index contributed by atoms with van der Waals surface area (Å²) >= 11 is 0. The van der Waals surface area contributed by atoms with Crippen LogP contribution in [0.5, 0.6) is 5.75 Å². The van der Waals surface area contributed by atoms with E-state index in [1.165, 1.54) is 0 Å². The summed E-state index contributed by atoms with van der Waals surface area (Å²) in [5.74, 6) is -3.00. The summed E-state index contributed by atoms with van der Waals surface area (Å²) in [5, 5.41) is 14.5. The number of hydrogen-bond acceptors (Lipinski definition) is 7. The molecule has 0 saturated heterocycles. The van der Waals surface area contributed by atoms with Crippen LogP contribution in [0.25, 0.3) is 0 Å². The average Bonchev–Trinajstić information content (AvgIpc) is 2.76. The van der Waals surface area contributed by atoms with Gasteiger partial charge in [-0.3, -0.25) is 9.59 Å². The van der Waals surface area contributed by atoms with Gasteiger partial charge in [0.2, 0.25) is 0 Å². The van der Waals surface area contributed by atoms with E-state index in [1.54, 1.807) is 18.2 Å². The number of nitrogens with zero attached hydrogens (tertiary/aromatic N) is 1. The first-order valence-electron chi connectivity index (χ1n) is 11.6. The van der Waals surface area contributed by atoms with E-state index >= 15 is 0 Å². The van der Waals surface area contributed by atoms with Gasteiger partial charge in [-0.05, 0) is 42.1 Å². The number of carbonyl (C=O) groups is 2. The van der Waals surface area contributed by atoms with Gasteiger partial charge in [-0.15, -0.1) is 0 Å². The minimum Gasteiger partial charge on any atom is -0.508 e. The first-order valence-corrected chi connectivity index (χ1v) is 15.3. The highest BCUT2D eigenvalue weighted by Gasteiger charge is 2.57. The number of phenolic OH excluding ortho intramolecular Hbond substituents is 1. The van der Waals surface area contributed by atoms with Crippen LogP contribution in [0, 0.1) is 11.8 Å². The monoisotopic (exact) mass is 473 g/mol. The topological polar surface area (TPSA) is 94.4 Å². The van der Waals surface area contributed by atoms with Gasteiger partial charge in [-0.25, -0.2) is 0 Å². The second-order valence-electron chi connectivity index (χ2n) is 9.97. The van der Waals surface area contributed by atoms with Crippen LogP contribution in [0.1, 0.15) is 42.7 Å². The predicted octanol–water partition coefficient (Wildman–Crippen LogP) is 4.60. The Morgan fingerprint density at radius 2 is 1.85 bits per heavy atom. The van der Waals surface area contributed by atoms with E-state index < -0.39 is 31.8 Å². The van der Waals surface area contributed by atoms with Crippen LogP contribution < -0.4 is 0 Å². The average molecular weight is 474 g/mol. The summed E-state index contributed by atoms with van der Waals surface area (Å²) in [6.07, 6.45) is 2.75. The number of rotatable bonds is 10. The minimum atomic E-state index is -1.38. The molecule has 33 heavy (non-hydrogen) atoms. The van der Waals surface area contributed by atoms with E-state index in [-0.39, 0.29) is 30.9 Å². The summed E-state index contributed by atoms with van der Waals surface area (Å²) in [6.45, 7) is 13.1. The molecule has 4 unspecified atom stereocenters. The third-order valence-corrected chi connectivity index (χ3v) is 7.94. The maximum absolute atomic E-state index is 13.4. The molecule has 0 heterocycles. The van der Waals surface area contributed by atoms with E-state index in [4.69, 9.17) is 14.3 Å². The fourth-order valence-corrected chi connectivity index (χ4v) is 5.42. The van der Waals surface area contributed by atoms with Crippen molar-refractivity contribution in [1.29, 1.82) is 0 Å². The standard InChI is InChI=1S/C25H35NO6Si/c1-6-10-30-25(29)23-21-18-14-16(27)8-9-17(18)19(15-20(21)26-32-11-7-2)22(23)24(28)31-12-13-33(3,4)5/h7-9,14,19,21-23,27H,2,6,10-13,15H2,1,3-5H3. The molecule has 0 aliphatic heterocycles. The Kier molecular flexibility index (Phi) is 7.99. The van der Waals surface area contributed by atoms with Gasteiger partial charge in [0.25, 0.3) is 0 Å². The number of fused-ring (bicyclic) bond motifs is 2. The number of aromatic hydroxyl groups is 1. The lowest BCUT2D eigenvalue weighted by Gasteiger charge is -2.47. The molecular weight excluding hydrogens is 438 g/mol. The number of phenols is 1. The van der Waals surface area contributed by atoms with Crippen molar-refractivity contribution in [3.05, 3.63) is 42.0 Å². The molecule has 1 aromatic rings. The van der Waals surface area contributed by atoms with Crippen LogP contribution in [0.15, 0.2) is 36.0 Å². The van der Waals surface area contributed by atoms with Gasteiger partial charge in [-0.1, -0.05) is 50.4 Å². The normalized spacial score (nSPS) is 24.8. The Balaban J connectivity index is 2.01. The fraction of sp³-hybridized carbons (Fsp3) is 0.560. The molecular formula is C25H35NO6Si. The van der Waals surface area contributed by atoms with Crippen molar-refractivity contribution < 1.29 is 29.0 Å². The summed E-state index contributed by atoms with van der Waals surface area (Å²) < 4.78 is 11.2. The molecule has 0 radical (unpaired) electrons. The molecule has 1 fully saturated rings. The lowest BCUT2D eigenvalue weighted by molar-refractivity contribution is -0.163. The predicted molar refractivity (Wildman–Crippen MR) is 129 cm³/mol. The molecule has 1 aromatic carbocycles.